The van der Waals surface area contributed by atoms with Crippen LogP contribution in [-0.4, -0.2) is 26.3 Å². The predicted molar refractivity (Wildman–Crippen MR) is 96.7 cm³/mol. The van der Waals surface area contributed by atoms with Crippen LogP contribution < -0.4 is 0 Å². The number of benzene rings is 2. The minimum absolute atomic E-state index is 0.0198. The van der Waals surface area contributed by atoms with Crippen molar-refractivity contribution in [3.8, 4) is 0 Å². The Hall–Kier alpha value is -3.25. The van der Waals surface area contributed by atoms with Gasteiger partial charge in [-0.3, -0.25) is 9.48 Å². The molecule has 1 atom stereocenters. The van der Waals surface area contributed by atoms with Crippen LogP contribution in [0.4, 0.5) is 23.2 Å². The number of carbonyl (C=O) groups is 1. The van der Waals surface area contributed by atoms with Crippen LogP contribution in [0.1, 0.15) is 18.1 Å². The molecule has 2 aromatic carbocycles. The molecule has 1 heterocycles. The molecule has 9 heteroatoms. The number of carbonyl (C=O) groups excluding carboxylic acids is 1. The van der Waals surface area contributed by atoms with Gasteiger partial charge in [0.15, 0.2) is 11.5 Å². The summed E-state index contributed by atoms with van der Waals surface area (Å²) in [7, 11) is 0. The highest BCUT2D eigenvalue weighted by Crippen LogP contribution is 2.37. The predicted octanol–water partition coefficient (Wildman–Crippen LogP) is 4.31. The first kappa shape index (κ1) is 20.5. The number of hydrogen-bond acceptors (Lipinski definition) is 3. The van der Waals surface area contributed by atoms with Crippen molar-refractivity contribution in [1.82, 2.24) is 9.78 Å². The molecule has 0 saturated heterocycles. The van der Waals surface area contributed by atoms with Crippen molar-refractivity contribution in [2.24, 2.45) is 0 Å². The first-order valence-electron chi connectivity index (χ1n) is 8.46. The number of Topliss-reactive ketones (excluding diaryl/α,β-unsaturated/α-hetero) is 1. The molecule has 0 unspecified atom stereocenters. The van der Waals surface area contributed by atoms with Gasteiger partial charge in [-0.05, 0) is 24.6 Å². The Morgan fingerprint density at radius 3 is 2.66 bits per heavy atom. The molecule has 0 aliphatic rings. The first-order valence-corrected chi connectivity index (χ1v) is 8.46. The number of alkyl halides is 3. The van der Waals surface area contributed by atoms with Crippen LogP contribution in [0.5, 0.6) is 0 Å². The maximum Gasteiger partial charge on any atom is 0.407 e. The van der Waals surface area contributed by atoms with E-state index in [1.807, 2.05) is 0 Å². The Bertz CT molecular complexity index is 1130. The van der Waals surface area contributed by atoms with Crippen LogP contribution in [0.15, 0.2) is 42.6 Å². The maximum absolute atomic E-state index is 13.8. The van der Waals surface area contributed by atoms with Crippen molar-refractivity contribution in [3.63, 3.8) is 0 Å². The van der Waals surface area contributed by atoms with E-state index in [9.17, 15) is 27.5 Å². The molecule has 0 bridgehead atoms. The molecule has 0 amide bonds. The number of halogens is 4. The highest BCUT2D eigenvalue weighted by molar-refractivity contribution is 5.89. The Labute approximate surface area is 163 Å². The van der Waals surface area contributed by atoms with Gasteiger partial charge in [-0.2, -0.15) is 18.3 Å². The minimum atomic E-state index is -4.74. The summed E-state index contributed by atoms with van der Waals surface area (Å²) in [5.41, 5.74) is -3.26. The number of hydrogen-bond donors (Lipinski definition) is 1. The lowest BCUT2D eigenvalue weighted by molar-refractivity contribution is -0.138. The molecule has 0 fully saturated rings. The smallest absolute Gasteiger partial charge is 0.380 e. The number of rotatable bonds is 5. The molecule has 0 aliphatic heterocycles. The molecular weight excluding hydrogens is 390 g/mol. The van der Waals surface area contributed by atoms with Gasteiger partial charge < -0.3 is 5.11 Å². The molecule has 5 nitrogen and oxygen atoms in total. The second kappa shape index (κ2) is 7.29. The van der Waals surface area contributed by atoms with Gasteiger partial charge in [-0.15, -0.1) is 0 Å². The van der Waals surface area contributed by atoms with E-state index in [4.69, 9.17) is 6.57 Å². The van der Waals surface area contributed by atoms with Gasteiger partial charge in [0.05, 0.1) is 35.8 Å². The van der Waals surface area contributed by atoms with Gasteiger partial charge in [-0.25, -0.2) is 9.24 Å². The number of nitrogens with zero attached hydrogens (tertiary/aromatic N) is 3. The van der Waals surface area contributed by atoms with Gasteiger partial charge in [-0.1, -0.05) is 24.3 Å². The largest absolute Gasteiger partial charge is 0.407 e. The lowest BCUT2D eigenvalue weighted by Crippen LogP contribution is -2.41. The minimum Gasteiger partial charge on any atom is -0.380 e. The second-order valence-corrected chi connectivity index (χ2v) is 6.81. The van der Waals surface area contributed by atoms with Crippen molar-refractivity contribution in [1.29, 1.82) is 0 Å². The fourth-order valence-electron chi connectivity index (χ4n) is 2.97. The van der Waals surface area contributed by atoms with Crippen LogP contribution in [-0.2, 0) is 23.9 Å². The molecule has 29 heavy (non-hydrogen) atoms. The summed E-state index contributed by atoms with van der Waals surface area (Å²) in [6.45, 7) is 7.77. The fourth-order valence-corrected chi connectivity index (χ4v) is 2.97. The average molecular weight is 405 g/mol. The molecule has 3 rings (SSSR count). The Kier molecular flexibility index (Phi) is 5.15. The Morgan fingerprint density at radius 1 is 1.28 bits per heavy atom. The fraction of sp³-hybridized carbons (Fsp3) is 0.250. The molecule has 0 radical (unpaired) electrons. The van der Waals surface area contributed by atoms with E-state index in [1.165, 1.54) is 36.0 Å². The lowest BCUT2D eigenvalue weighted by atomic mass is 9.94. The summed E-state index contributed by atoms with van der Waals surface area (Å²) in [6.07, 6.45) is -3.94. The zero-order valence-corrected chi connectivity index (χ0v) is 15.2. The number of aliphatic hydroxyl groups is 1. The van der Waals surface area contributed by atoms with E-state index in [-0.39, 0.29) is 17.5 Å². The molecule has 150 valence electrons. The summed E-state index contributed by atoms with van der Waals surface area (Å²) in [5, 5.41) is 14.8. The van der Waals surface area contributed by atoms with Gasteiger partial charge in [0.2, 0.25) is 0 Å². The van der Waals surface area contributed by atoms with E-state index in [2.05, 4.69) is 9.94 Å². The van der Waals surface area contributed by atoms with E-state index < -0.39 is 41.0 Å². The highest BCUT2D eigenvalue weighted by Gasteiger charge is 2.35. The highest BCUT2D eigenvalue weighted by atomic mass is 19.4. The third-order valence-corrected chi connectivity index (χ3v) is 4.54. The zero-order chi connectivity index (χ0) is 21.4. The Balaban J connectivity index is 1.84. The zero-order valence-electron chi connectivity index (χ0n) is 15.2. The van der Waals surface area contributed by atoms with E-state index >= 15 is 0 Å². The van der Waals surface area contributed by atoms with E-state index in [0.717, 1.165) is 12.1 Å². The molecular formula is C20H15F4N3O2. The third-order valence-electron chi connectivity index (χ3n) is 4.54. The van der Waals surface area contributed by atoms with Crippen LogP contribution in [0, 0.1) is 12.4 Å². The molecule has 1 aromatic heterocycles. The van der Waals surface area contributed by atoms with Gasteiger partial charge in [0.25, 0.3) is 0 Å². The third kappa shape index (κ3) is 4.12. The number of ketones is 1. The van der Waals surface area contributed by atoms with Crippen molar-refractivity contribution >= 4 is 22.4 Å². The van der Waals surface area contributed by atoms with Gasteiger partial charge >= 0.3 is 6.18 Å². The van der Waals surface area contributed by atoms with Crippen molar-refractivity contribution in [3.05, 3.63) is 71.0 Å². The second-order valence-electron chi connectivity index (χ2n) is 6.81. The van der Waals surface area contributed by atoms with Crippen LogP contribution in [0.2, 0.25) is 0 Å². The molecule has 0 saturated carbocycles. The molecule has 3 aromatic rings. The lowest BCUT2D eigenvalue weighted by Gasteiger charge is -2.22. The molecule has 0 spiro atoms. The van der Waals surface area contributed by atoms with Crippen molar-refractivity contribution in [2.75, 3.05) is 0 Å². The topological polar surface area (TPSA) is 59.5 Å². The van der Waals surface area contributed by atoms with Gasteiger partial charge in [0, 0.05) is 6.42 Å². The summed E-state index contributed by atoms with van der Waals surface area (Å²) in [5.74, 6) is -1.24. The van der Waals surface area contributed by atoms with Gasteiger partial charge in [0.1, 0.15) is 11.4 Å². The average Bonchev–Trinajstić information content (AvgIpc) is 3.04. The molecule has 1 N–H and O–H groups in total. The maximum atomic E-state index is 13.8. The van der Waals surface area contributed by atoms with Crippen molar-refractivity contribution in [2.45, 2.75) is 31.7 Å². The van der Waals surface area contributed by atoms with E-state index in [0.29, 0.717) is 5.52 Å². The summed E-state index contributed by atoms with van der Waals surface area (Å²) in [6, 6.07) is 7.27. The van der Waals surface area contributed by atoms with Crippen LogP contribution in [0.3, 0.4) is 0 Å². The van der Waals surface area contributed by atoms with Crippen LogP contribution >= 0.6 is 0 Å². The monoisotopic (exact) mass is 405 g/mol. The summed E-state index contributed by atoms with van der Waals surface area (Å²) in [4.78, 5) is 15.4. The SMILES string of the molecule is [C-]#[N+]c1ccc(CC(=O)[C@@](C)(O)Cn2ncc3c(F)cccc32)cc1C(F)(F)F. The summed E-state index contributed by atoms with van der Waals surface area (Å²) < 4.78 is 54.3. The number of aromatic nitrogens is 2. The normalized spacial score (nSPS) is 13.8. The standard InChI is InChI=1S/C20H15F4N3O2/c1-19(29,11-27-17-5-3-4-15(21)13(17)10-26-27)18(28)9-12-6-7-16(25-2)14(8-12)20(22,23)24/h3-8,10,29H,9,11H2,1H3/t19-/m0/s1. The van der Waals surface area contributed by atoms with E-state index in [1.54, 1.807) is 6.07 Å². The first-order chi connectivity index (χ1) is 13.5. The molecule has 0 aliphatic carbocycles. The summed E-state index contributed by atoms with van der Waals surface area (Å²) >= 11 is 0. The van der Waals surface area contributed by atoms with Crippen LogP contribution in [0.25, 0.3) is 15.7 Å². The quantitative estimate of drug-likeness (QED) is 0.508. The Morgan fingerprint density at radius 2 is 2.00 bits per heavy atom. The number of fused-ring (bicyclic) bond motifs is 1. The van der Waals surface area contributed by atoms with Crippen molar-refractivity contribution < 1.29 is 27.5 Å².